The molecule has 1 atom stereocenters. The zero-order valence-corrected chi connectivity index (χ0v) is 11.3. The van der Waals surface area contributed by atoms with Crippen LogP contribution in [0.4, 0.5) is 0 Å². The average Bonchev–Trinajstić information content (AvgIpc) is 2.57. The van der Waals surface area contributed by atoms with Crippen LogP contribution in [0.15, 0.2) is 0 Å². The molecule has 1 saturated carbocycles. The van der Waals surface area contributed by atoms with Crippen LogP contribution >= 0.6 is 0 Å². The van der Waals surface area contributed by atoms with Crippen molar-refractivity contribution < 1.29 is 9.90 Å². The summed E-state index contributed by atoms with van der Waals surface area (Å²) in [6.45, 7) is 3.90. The van der Waals surface area contributed by atoms with E-state index in [2.05, 4.69) is 5.32 Å². The molecule has 3 nitrogen and oxygen atoms in total. The van der Waals surface area contributed by atoms with Crippen molar-refractivity contribution in [2.45, 2.75) is 70.8 Å². The maximum absolute atomic E-state index is 11.9. The van der Waals surface area contributed by atoms with Crippen LogP contribution < -0.4 is 5.32 Å². The molecule has 0 radical (unpaired) electrons. The molecule has 1 unspecified atom stereocenters. The summed E-state index contributed by atoms with van der Waals surface area (Å²) in [4.78, 5) is 11.9. The summed E-state index contributed by atoms with van der Waals surface area (Å²) in [5.74, 6) is 0.660. The lowest BCUT2D eigenvalue weighted by Gasteiger charge is -2.28. The number of hydrogen-bond acceptors (Lipinski definition) is 2. The largest absolute Gasteiger partial charge is 0.394 e. The summed E-state index contributed by atoms with van der Waals surface area (Å²) in [6.07, 6.45) is 8.95. The molecule has 1 amide bonds. The monoisotopic (exact) mass is 241 g/mol. The van der Waals surface area contributed by atoms with Crippen LogP contribution in [0.3, 0.4) is 0 Å². The van der Waals surface area contributed by atoms with E-state index < -0.39 is 5.54 Å². The summed E-state index contributed by atoms with van der Waals surface area (Å²) < 4.78 is 0. The van der Waals surface area contributed by atoms with Crippen LogP contribution in [0.25, 0.3) is 0 Å². The molecular weight excluding hydrogens is 214 g/mol. The minimum Gasteiger partial charge on any atom is -0.394 e. The highest BCUT2D eigenvalue weighted by Gasteiger charge is 2.24. The smallest absolute Gasteiger partial charge is 0.220 e. The Hall–Kier alpha value is -0.570. The van der Waals surface area contributed by atoms with Gasteiger partial charge in [-0.15, -0.1) is 0 Å². The predicted molar refractivity (Wildman–Crippen MR) is 69.7 cm³/mol. The number of hydrogen-bond donors (Lipinski definition) is 2. The number of aliphatic hydroxyl groups is 1. The Kier molecular flexibility index (Phi) is 5.96. The first-order chi connectivity index (χ1) is 8.09. The first-order valence-corrected chi connectivity index (χ1v) is 7.01. The topological polar surface area (TPSA) is 49.3 Å². The van der Waals surface area contributed by atoms with E-state index in [4.69, 9.17) is 0 Å². The molecule has 0 spiro atoms. The van der Waals surface area contributed by atoms with Gasteiger partial charge in [0, 0.05) is 6.42 Å². The fourth-order valence-electron chi connectivity index (χ4n) is 2.46. The number of rotatable bonds is 5. The quantitative estimate of drug-likeness (QED) is 0.727. The molecule has 1 aliphatic rings. The Labute approximate surface area is 105 Å². The minimum absolute atomic E-state index is 0.0138. The predicted octanol–water partition coefficient (Wildman–Crippen LogP) is 2.62. The highest BCUT2D eigenvalue weighted by atomic mass is 16.3. The van der Waals surface area contributed by atoms with E-state index >= 15 is 0 Å². The number of aliphatic hydroxyl groups excluding tert-OH is 1. The van der Waals surface area contributed by atoms with Crippen LogP contribution in [-0.4, -0.2) is 23.2 Å². The van der Waals surface area contributed by atoms with Gasteiger partial charge in [0.25, 0.3) is 0 Å². The third-order valence-electron chi connectivity index (χ3n) is 4.02. The van der Waals surface area contributed by atoms with Gasteiger partial charge >= 0.3 is 0 Å². The second kappa shape index (κ2) is 7.00. The first-order valence-electron chi connectivity index (χ1n) is 7.01. The van der Waals surface area contributed by atoms with Gasteiger partial charge in [0.05, 0.1) is 12.1 Å². The summed E-state index contributed by atoms with van der Waals surface area (Å²) in [6, 6.07) is 0. The summed E-state index contributed by atoms with van der Waals surface area (Å²) >= 11 is 0. The molecule has 0 heterocycles. The molecule has 2 N–H and O–H groups in total. The number of nitrogens with one attached hydrogen (secondary N) is 1. The van der Waals surface area contributed by atoms with E-state index in [0.717, 1.165) is 6.42 Å². The molecule has 0 aromatic rings. The lowest BCUT2D eigenvalue weighted by Crippen LogP contribution is -2.48. The molecule has 1 fully saturated rings. The van der Waals surface area contributed by atoms with Crippen molar-refractivity contribution in [3.8, 4) is 0 Å². The van der Waals surface area contributed by atoms with Crippen molar-refractivity contribution in [2.24, 2.45) is 5.92 Å². The van der Waals surface area contributed by atoms with Crippen molar-refractivity contribution in [1.82, 2.24) is 5.32 Å². The zero-order valence-electron chi connectivity index (χ0n) is 11.3. The van der Waals surface area contributed by atoms with Gasteiger partial charge in [-0.2, -0.15) is 0 Å². The van der Waals surface area contributed by atoms with E-state index in [1.54, 1.807) is 0 Å². The van der Waals surface area contributed by atoms with Crippen molar-refractivity contribution in [3.05, 3.63) is 0 Å². The normalized spacial score (nSPS) is 21.6. The number of carbonyl (C=O) groups excluding carboxylic acids is 1. The van der Waals surface area contributed by atoms with Gasteiger partial charge in [0.1, 0.15) is 0 Å². The van der Waals surface area contributed by atoms with E-state index in [1.165, 1.54) is 38.5 Å². The van der Waals surface area contributed by atoms with Gasteiger partial charge in [-0.25, -0.2) is 0 Å². The number of carbonyl (C=O) groups is 1. The lowest BCUT2D eigenvalue weighted by molar-refractivity contribution is -0.124. The average molecular weight is 241 g/mol. The molecule has 0 aromatic carbocycles. The van der Waals surface area contributed by atoms with Gasteiger partial charge in [-0.1, -0.05) is 32.6 Å². The molecule has 1 rings (SSSR count). The Morgan fingerprint density at radius 2 is 1.88 bits per heavy atom. The maximum Gasteiger partial charge on any atom is 0.220 e. The SMILES string of the molecule is CCC(C)(CO)NC(=O)CC1CCCCCC1. The maximum atomic E-state index is 11.9. The molecule has 0 bridgehead atoms. The first kappa shape index (κ1) is 14.5. The molecule has 0 saturated heterocycles. The fourth-order valence-corrected chi connectivity index (χ4v) is 2.46. The van der Waals surface area contributed by atoms with E-state index in [-0.39, 0.29) is 12.5 Å². The van der Waals surface area contributed by atoms with Crippen LogP contribution in [-0.2, 0) is 4.79 Å². The van der Waals surface area contributed by atoms with E-state index in [1.807, 2.05) is 13.8 Å². The van der Waals surface area contributed by atoms with Gasteiger partial charge in [-0.3, -0.25) is 4.79 Å². The van der Waals surface area contributed by atoms with Gasteiger partial charge < -0.3 is 10.4 Å². The molecule has 1 aliphatic carbocycles. The van der Waals surface area contributed by atoms with Crippen LogP contribution in [0.2, 0.25) is 0 Å². The Balaban J connectivity index is 2.37. The van der Waals surface area contributed by atoms with Crippen molar-refractivity contribution in [2.75, 3.05) is 6.61 Å². The third-order valence-corrected chi connectivity index (χ3v) is 4.02. The summed E-state index contributed by atoms with van der Waals surface area (Å²) in [7, 11) is 0. The molecular formula is C14H27NO2. The molecule has 100 valence electrons. The number of amides is 1. The highest BCUT2D eigenvalue weighted by molar-refractivity contribution is 5.77. The molecule has 0 aromatic heterocycles. The van der Waals surface area contributed by atoms with Crippen molar-refractivity contribution >= 4 is 5.91 Å². The van der Waals surface area contributed by atoms with Crippen LogP contribution in [0.5, 0.6) is 0 Å². The summed E-state index contributed by atoms with van der Waals surface area (Å²) in [5.41, 5.74) is -0.443. The Morgan fingerprint density at radius 3 is 2.35 bits per heavy atom. The van der Waals surface area contributed by atoms with Crippen molar-refractivity contribution in [1.29, 1.82) is 0 Å². The molecule has 0 aliphatic heterocycles. The van der Waals surface area contributed by atoms with Gasteiger partial charge in [0.2, 0.25) is 5.91 Å². The zero-order chi connectivity index (χ0) is 12.7. The third kappa shape index (κ3) is 5.07. The minimum atomic E-state index is -0.443. The lowest BCUT2D eigenvalue weighted by atomic mass is 9.94. The molecule has 3 heteroatoms. The second-order valence-corrected chi connectivity index (χ2v) is 5.68. The second-order valence-electron chi connectivity index (χ2n) is 5.68. The Bertz CT molecular complexity index is 228. The highest BCUT2D eigenvalue weighted by Crippen LogP contribution is 2.25. The van der Waals surface area contributed by atoms with E-state index in [0.29, 0.717) is 12.3 Å². The summed E-state index contributed by atoms with van der Waals surface area (Å²) in [5, 5.41) is 12.2. The van der Waals surface area contributed by atoms with Crippen LogP contribution in [0.1, 0.15) is 65.2 Å². The Morgan fingerprint density at radius 1 is 1.29 bits per heavy atom. The fraction of sp³-hybridized carbons (Fsp3) is 0.929. The van der Waals surface area contributed by atoms with Crippen molar-refractivity contribution in [3.63, 3.8) is 0 Å². The van der Waals surface area contributed by atoms with Crippen LogP contribution in [0, 0.1) is 5.92 Å². The van der Waals surface area contributed by atoms with E-state index in [9.17, 15) is 9.90 Å². The standard InChI is InChI=1S/C14H27NO2/c1-3-14(2,11-16)15-13(17)10-12-8-6-4-5-7-9-12/h12,16H,3-11H2,1-2H3,(H,15,17). The van der Waals surface area contributed by atoms with Gasteiger partial charge in [-0.05, 0) is 32.1 Å². The van der Waals surface area contributed by atoms with Gasteiger partial charge in [0.15, 0.2) is 0 Å². The molecule has 17 heavy (non-hydrogen) atoms.